The van der Waals surface area contributed by atoms with E-state index in [1.807, 2.05) is 54.6 Å². The van der Waals surface area contributed by atoms with Gasteiger partial charge in [0.2, 0.25) is 0 Å². The third kappa shape index (κ3) is 4.47. The van der Waals surface area contributed by atoms with Gasteiger partial charge in [0.25, 0.3) is 5.56 Å². The molecule has 3 aromatic carbocycles. The quantitative estimate of drug-likeness (QED) is 0.505. The standard InChI is InChI=1S/C22H17N3O3S/c26-21-20-10-9-19(29-18-7-2-1-3-8-18)12-16(20)13-23-25(21)14-15-5-4-6-17(11-15)24-22(27)28/h1-13,24H,14H2,(H,27,28). The molecule has 0 atom stereocenters. The lowest BCUT2D eigenvalue weighted by Crippen LogP contribution is -2.23. The van der Waals surface area contributed by atoms with Gasteiger partial charge in [-0.3, -0.25) is 10.1 Å². The summed E-state index contributed by atoms with van der Waals surface area (Å²) in [6, 6.07) is 22.7. The first kappa shape index (κ1) is 18.8. The van der Waals surface area contributed by atoms with Crippen LogP contribution in [0.2, 0.25) is 0 Å². The van der Waals surface area contributed by atoms with Gasteiger partial charge in [0.05, 0.1) is 18.1 Å². The van der Waals surface area contributed by atoms with E-state index < -0.39 is 6.09 Å². The van der Waals surface area contributed by atoms with E-state index in [0.29, 0.717) is 11.1 Å². The molecule has 0 unspecified atom stereocenters. The van der Waals surface area contributed by atoms with E-state index in [2.05, 4.69) is 10.4 Å². The fourth-order valence-electron chi connectivity index (χ4n) is 3.01. The van der Waals surface area contributed by atoms with Crippen molar-refractivity contribution in [1.29, 1.82) is 0 Å². The number of nitrogens with one attached hydrogen (secondary N) is 1. The van der Waals surface area contributed by atoms with Gasteiger partial charge < -0.3 is 5.11 Å². The molecule has 0 radical (unpaired) electrons. The zero-order valence-corrected chi connectivity index (χ0v) is 16.1. The normalized spacial score (nSPS) is 10.8. The summed E-state index contributed by atoms with van der Waals surface area (Å²) in [5.74, 6) is 0. The van der Waals surface area contributed by atoms with Crippen molar-refractivity contribution in [1.82, 2.24) is 9.78 Å². The molecular formula is C22H17N3O3S. The topological polar surface area (TPSA) is 84.2 Å². The number of fused-ring (bicyclic) bond motifs is 1. The second kappa shape index (κ2) is 8.20. The van der Waals surface area contributed by atoms with Crippen LogP contribution in [-0.4, -0.2) is 21.0 Å². The zero-order chi connectivity index (χ0) is 20.2. The van der Waals surface area contributed by atoms with Crippen molar-refractivity contribution < 1.29 is 9.90 Å². The van der Waals surface area contributed by atoms with Gasteiger partial charge in [-0.15, -0.1) is 0 Å². The Kier molecular flexibility index (Phi) is 5.31. The number of rotatable bonds is 5. The maximum atomic E-state index is 12.8. The van der Waals surface area contributed by atoms with Crippen molar-refractivity contribution in [2.75, 3.05) is 5.32 Å². The lowest BCUT2D eigenvalue weighted by Gasteiger charge is -2.09. The number of hydrogen-bond donors (Lipinski definition) is 2. The summed E-state index contributed by atoms with van der Waals surface area (Å²) in [6.07, 6.45) is 0.554. The van der Waals surface area contributed by atoms with Gasteiger partial charge >= 0.3 is 6.09 Å². The summed E-state index contributed by atoms with van der Waals surface area (Å²) in [6.45, 7) is 0.254. The van der Waals surface area contributed by atoms with Gasteiger partial charge in [-0.1, -0.05) is 42.1 Å². The summed E-state index contributed by atoms with van der Waals surface area (Å²) in [5.41, 5.74) is 1.04. The molecule has 144 valence electrons. The van der Waals surface area contributed by atoms with Crippen molar-refractivity contribution >= 4 is 34.3 Å². The van der Waals surface area contributed by atoms with E-state index >= 15 is 0 Å². The fourth-order valence-corrected chi connectivity index (χ4v) is 3.90. The minimum Gasteiger partial charge on any atom is -0.465 e. The Balaban J connectivity index is 1.60. The lowest BCUT2D eigenvalue weighted by molar-refractivity contribution is 0.210. The van der Waals surface area contributed by atoms with E-state index in [-0.39, 0.29) is 12.1 Å². The number of benzene rings is 3. The highest BCUT2D eigenvalue weighted by Crippen LogP contribution is 2.29. The van der Waals surface area contributed by atoms with Crippen LogP contribution in [0.4, 0.5) is 10.5 Å². The number of anilines is 1. The molecule has 1 aromatic heterocycles. The highest BCUT2D eigenvalue weighted by atomic mass is 32.2. The molecule has 2 N–H and O–H groups in total. The van der Waals surface area contributed by atoms with Crippen molar-refractivity contribution in [2.45, 2.75) is 16.3 Å². The van der Waals surface area contributed by atoms with E-state index in [4.69, 9.17) is 5.11 Å². The minimum atomic E-state index is -1.13. The maximum absolute atomic E-state index is 12.8. The molecule has 0 saturated heterocycles. The molecule has 4 aromatic rings. The van der Waals surface area contributed by atoms with Gasteiger partial charge in [-0.2, -0.15) is 5.10 Å². The van der Waals surface area contributed by atoms with Gasteiger partial charge in [-0.25, -0.2) is 9.48 Å². The first-order valence-electron chi connectivity index (χ1n) is 8.90. The van der Waals surface area contributed by atoms with Crippen LogP contribution >= 0.6 is 11.8 Å². The Morgan fingerprint density at radius 3 is 2.62 bits per heavy atom. The number of hydrogen-bond acceptors (Lipinski definition) is 4. The average molecular weight is 403 g/mol. The summed E-state index contributed by atoms with van der Waals surface area (Å²) >= 11 is 1.63. The Labute approximate surface area is 170 Å². The second-order valence-electron chi connectivity index (χ2n) is 6.40. The molecule has 0 aliphatic heterocycles. The number of aromatic nitrogens is 2. The van der Waals surface area contributed by atoms with Crippen molar-refractivity contribution in [3.8, 4) is 0 Å². The number of carbonyl (C=O) groups is 1. The van der Waals surface area contributed by atoms with Crippen LogP contribution in [0.3, 0.4) is 0 Å². The molecule has 0 spiro atoms. The monoisotopic (exact) mass is 403 g/mol. The van der Waals surface area contributed by atoms with E-state index in [9.17, 15) is 9.59 Å². The number of carboxylic acid groups (broad SMARTS) is 1. The molecule has 6 nitrogen and oxygen atoms in total. The lowest BCUT2D eigenvalue weighted by atomic mass is 10.2. The molecule has 7 heteroatoms. The van der Waals surface area contributed by atoms with Crippen LogP contribution in [0.5, 0.6) is 0 Å². The zero-order valence-electron chi connectivity index (χ0n) is 15.3. The van der Waals surface area contributed by atoms with E-state index in [1.165, 1.54) is 4.68 Å². The van der Waals surface area contributed by atoms with Crippen LogP contribution in [0.25, 0.3) is 10.8 Å². The van der Waals surface area contributed by atoms with Gasteiger partial charge in [-0.05, 0) is 48.0 Å². The highest BCUT2D eigenvalue weighted by molar-refractivity contribution is 7.99. The minimum absolute atomic E-state index is 0.185. The number of amides is 1. The smallest absolute Gasteiger partial charge is 0.409 e. The molecule has 0 aliphatic carbocycles. The Hall–Kier alpha value is -3.58. The summed E-state index contributed by atoms with van der Waals surface area (Å²) in [7, 11) is 0. The summed E-state index contributed by atoms with van der Waals surface area (Å²) < 4.78 is 1.38. The molecule has 29 heavy (non-hydrogen) atoms. The third-order valence-corrected chi connectivity index (χ3v) is 5.31. The highest BCUT2D eigenvalue weighted by Gasteiger charge is 2.08. The Morgan fingerprint density at radius 2 is 1.83 bits per heavy atom. The summed E-state index contributed by atoms with van der Waals surface area (Å²) in [4.78, 5) is 25.8. The first-order valence-corrected chi connectivity index (χ1v) is 9.72. The first-order chi connectivity index (χ1) is 14.1. The third-order valence-electron chi connectivity index (χ3n) is 4.31. The summed E-state index contributed by atoms with van der Waals surface area (Å²) in [5, 5.41) is 16.8. The Bertz CT molecular complexity index is 1240. The van der Waals surface area contributed by atoms with Crippen molar-refractivity contribution in [3.63, 3.8) is 0 Å². The largest absolute Gasteiger partial charge is 0.465 e. The molecule has 1 heterocycles. The predicted octanol–water partition coefficient (Wildman–Crippen LogP) is 4.69. The molecule has 1 amide bonds. The van der Waals surface area contributed by atoms with E-state index in [1.54, 1.807) is 36.2 Å². The SMILES string of the molecule is O=C(O)Nc1cccc(Cn2ncc3cc(Sc4ccccc4)ccc3c2=O)c1. The second-order valence-corrected chi connectivity index (χ2v) is 7.55. The van der Waals surface area contributed by atoms with Gasteiger partial charge in [0, 0.05) is 20.9 Å². The van der Waals surface area contributed by atoms with Crippen molar-refractivity contribution in [2.24, 2.45) is 0 Å². The van der Waals surface area contributed by atoms with Crippen LogP contribution in [0.15, 0.2) is 93.6 Å². The van der Waals surface area contributed by atoms with Crippen molar-refractivity contribution in [3.05, 3.63) is 94.9 Å². The Morgan fingerprint density at radius 1 is 1.00 bits per heavy atom. The predicted molar refractivity (Wildman–Crippen MR) is 114 cm³/mol. The maximum Gasteiger partial charge on any atom is 0.409 e. The molecule has 0 aliphatic rings. The van der Waals surface area contributed by atoms with Crippen LogP contribution < -0.4 is 10.9 Å². The number of nitrogens with zero attached hydrogens (tertiary/aromatic N) is 2. The molecular weight excluding hydrogens is 386 g/mol. The molecule has 0 bridgehead atoms. The molecule has 4 rings (SSSR count). The van der Waals surface area contributed by atoms with Crippen LogP contribution in [-0.2, 0) is 6.54 Å². The molecule has 0 fully saturated rings. The fraction of sp³-hybridized carbons (Fsp3) is 0.0455. The average Bonchev–Trinajstić information content (AvgIpc) is 2.71. The molecule has 0 saturated carbocycles. The van der Waals surface area contributed by atoms with E-state index in [0.717, 1.165) is 20.7 Å². The van der Waals surface area contributed by atoms with Crippen LogP contribution in [0, 0.1) is 0 Å². The van der Waals surface area contributed by atoms with Gasteiger partial charge in [0.15, 0.2) is 0 Å². The van der Waals surface area contributed by atoms with Gasteiger partial charge in [0.1, 0.15) is 0 Å². The van der Waals surface area contributed by atoms with Crippen LogP contribution in [0.1, 0.15) is 5.56 Å².